The van der Waals surface area contributed by atoms with Crippen molar-refractivity contribution in [2.75, 3.05) is 14.2 Å². The molecule has 0 aromatic heterocycles. The number of ether oxygens (including phenoxy) is 2. The van der Waals surface area contributed by atoms with Crippen LogP contribution in [-0.4, -0.2) is 25.4 Å². The number of carbonyl (C=O) groups is 1. The summed E-state index contributed by atoms with van der Waals surface area (Å²) < 4.78 is 10.2. The van der Waals surface area contributed by atoms with Gasteiger partial charge in [0.15, 0.2) is 5.78 Å². The topological polar surface area (TPSA) is 35.5 Å². The molecule has 0 bridgehead atoms. The third kappa shape index (κ3) is 2.67. The lowest BCUT2D eigenvalue weighted by molar-refractivity contribution is 0.0982. The number of rotatable bonds is 5. The Morgan fingerprint density at radius 2 is 2.06 bits per heavy atom. The highest BCUT2D eigenvalue weighted by Crippen LogP contribution is 2.26. The molecule has 0 aliphatic rings. The quantitative estimate of drug-likeness (QED) is 0.588. The van der Waals surface area contributed by atoms with E-state index in [0.29, 0.717) is 23.5 Å². The lowest BCUT2D eigenvalue weighted by Crippen LogP contribution is -2.14. The molecule has 16 heavy (non-hydrogen) atoms. The molecular formula is C12H15ClO3. The third-order valence-corrected chi connectivity index (χ3v) is 2.82. The van der Waals surface area contributed by atoms with Crippen LogP contribution in [0.2, 0.25) is 0 Å². The Hall–Kier alpha value is -1.22. The van der Waals surface area contributed by atoms with Gasteiger partial charge < -0.3 is 9.47 Å². The molecule has 88 valence electrons. The van der Waals surface area contributed by atoms with E-state index in [-0.39, 0.29) is 5.78 Å². The lowest BCUT2D eigenvalue weighted by Gasteiger charge is -2.11. The number of hydrogen-bond acceptors (Lipinski definition) is 3. The van der Waals surface area contributed by atoms with E-state index in [9.17, 15) is 4.79 Å². The van der Waals surface area contributed by atoms with Gasteiger partial charge in [-0.15, -0.1) is 11.6 Å². The van der Waals surface area contributed by atoms with Crippen LogP contribution in [0.5, 0.6) is 11.5 Å². The van der Waals surface area contributed by atoms with E-state index in [4.69, 9.17) is 21.1 Å². The highest BCUT2D eigenvalue weighted by Gasteiger charge is 2.19. The van der Waals surface area contributed by atoms with Crippen LogP contribution in [0, 0.1) is 0 Å². The van der Waals surface area contributed by atoms with Crippen molar-refractivity contribution in [1.82, 2.24) is 0 Å². The van der Waals surface area contributed by atoms with Crippen LogP contribution < -0.4 is 9.47 Å². The fraction of sp³-hybridized carbons (Fsp3) is 0.417. The van der Waals surface area contributed by atoms with E-state index in [1.165, 1.54) is 7.11 Å². The number of alkyl halides is 1. The first kappa shape index (κ1) is 12.8. The summed E-state index contributed by atoms with van der Waals surface area (Å²) in [7, 11) is 3.08. The first-order valence-electron chi connectivity index (χ1n) is 5.04. The van der Waals surface area contributed by atoms with Crippen molar-refractivity contribution in [2.24, 2.45) is 0 Å². The summed E-state index contributed by atoms with van der Waals surface area (Å²) in [6, 6.07) is 5.06. The number of hydrogen-bond donors (Lipinski definition) is 0. The van der Waals surface area contributed by atoms with Gasteiger partial charge in [0.25, 0.3) is 0 Å². The SMILES string of the molecule is CCC(Cl)C(=O)c1ccc(OC)cc1OC. The van der Waals surface area contributed by atoms with Crippen LogP contribution in [0.1, 0.15) is 23.7 Å². The van der Waals surface area contributed by atoms with Crippen LogP contribution in [0.15, 0.2) is 18.2 Å². The van der Waals surface area contributed by atoms with Gasteiger partial charge in [0.1, 0.15) is 11.5 Å². The van der Waals surface area contributed by atoms with Gasteiger partial charge in [-0.1, -0.05) is 6.92 Å². The second kappa shape index (κ2) is 5.75. The van der Waals surface area contributed by atoms with Gasteiger partial charge >= 0.3 is 0 Å². The molecular weight excluding hydrogens is 228 g/mol. The molecule has 0 saturated heterocycles. The molecule has 0 heterocycles. The number of halogens is 1. The maximum Gasteiger partial charge on any atom is 0.184 e. The van der Waals surface area contributed by atoms with E-state index >= 15 is 0 Å². The highest BCUT2D eigenvalue weighted by atomic mass is 35.5. The van der Waals surface area contributed by atoms with E-state index in [0.717, 1.165) is 0 Å². The maximum absolute atomic E-state index is 11.9. The van der Waals surface area contributed by atoms with Gasteiger partial charge in [-0.2, -0.15) is 0 Å². The summed E-state index contributed by atoms with van der Waals surface area (Å²) >= 11 is 5.92. The van der Waals surface area contributed by atoms with Gasteiger partial charge in [-0.05, 0) is 18.6 Å². The largest absolute Gasteiger partial charge is 0.497 e. The van der Waals surface area contributed by atoms with Crippen LogP contribution in [0.3, 0.4) is 0 Å². The number of Topliss-reactive ketones (excluding diaryl/α,β-unsaturated/α-hetero) is 1. The predicted molar refractivity (Wildman–Crippen MR) is 63.8 cm³/mol. The third-order valence-electron chi connectivity index (χ3n) is 2.32. The number of methoxy groups -OCH3 is 2. The Balaban J connectivity index is 3.08. The molecule has 3 nitrogen and oxygen atoms in total. The van der Waals surface area contributed by atoms with Gasteiger partial charge in [0.05, 0.1) is 25.2 Å². The fourth-order valence-electron chi connectivity index (χ4n) is 1.36. The van der Waals surface area contributed by atoms with Crippen LogP contribution in [0.25, 0.3) is 0 Å². The van der Waals surface area contributed by atoms with Crippen molar-refractivity contribution in [3.8, 4) is 11.5 Å². The minimum atomic E-state index is -0.512. The Morgan fingerprint density at radius 1 is 1.38 bits per heavy atom. The van der Waals surface area contributed by atoms with Crippen LogP contribution in [0.4, 0.5) is 0 Å². The zero-order chi connectivity index (χ0) is 12.1. The smallest absolute Gasteiger partial charge is 0.184 e. The van der Waals surface area contributed by atoms with Gasteiger partial charge in [0, 0.05) is 6.07 Å². The van der Waals surface area contributed by atoms with Crippen molar-refractivity contribution in [1.29, 1.82) is 0 Å². The second-order valence-electron chi connectivity index (χ2n) is 3.31. The molecule has 1 atom stereocenters. The van der Waals surface area contributed by atoms with Crippen molar-refractivity contribution >= 4 is 17.4 Å². The molecule has 0 saturated carbocycles. The average molecular weight is 243 g/mol. The monoisotopic (exact) mass is 242 g/mol. The zero-order valence-corrected chi connectivity index (χ0v) is 10.4. The number of carbonyl (C=O) groups excluding carboxylic acids is 1. The van der Waals surface area contributed by atoms with E-state index in [1.54, 1.807) is 25.3 Å². The molecule has 0 N–H and O–H groups in total. The summed E-state index contributed by atoms with van der Waals surface area (Å²) in [5, 5.41) is -0.512. The van der Waals surface area contributed by atoms with Crippen LogP contribution >= 0.6 is 11.6 Å². The Morgan fingerprint density at radius 3 is 2.56 bits per heavy atom. The summed E-state index contributed by atoms with van der Waals surface area (Å²) in [6.07, 6.45) is 0.593. The lowest BCUT2D eigenvalue weighted by atomic mass is 10.1. The van der Waals surface area contributed by atoms with E-state index in [2.05, 4.69) is 0 Å². The Labute approximate surface area is 100 Å². The molecule has 0 amide bonds. The van der Waals surface area contributed by atoms with Gasteiger partial charge in [-0.25, -0.2) is 0 Å². The molecule has 0 spiro atoms. The molecule has 1 aromatic rings. The highest BCUT2D eigenvalue weighted by molar-refractivity contribution is 6.34. The van der Waals surface area contributed by atoms with Crippen LogP contribution in [-0.2, 0) is 0 Å². The summed E-state index contributed by atoms with van der Waals surface area (Å²) in [4.78, 5) is 11.9. The first-order valence-corrected chi connectivity index (χ1v) is 5.48. The number of benzene rings is 1. The minimum Gasteiger partial charge on any atom is -0.497 e. The van der Waals surface area contributed by atoms with Crippen molar-refractivity contribution < 1.29 is 14.3 Å². The van der Waals surface area contributed by atoms with Crippen molar-refractivity contribution in [2.45, 2.75) is 18.7 Å². The molecule has 1 aromatic carbocycles. The molecule has 1 unspecified atom stereocenters. The normalized spacial score (nSPS) is 12.0. The maximum atomic E-state index is 11.9. The van der Waals surface area contributed by atoms with Gasteiger partial charge in [0.2, 0.25) is 0 Å². The first-order chi connectivity index (χ1) is 7.63. The molecule has 0 fully saturated rings. The minimum absolute atomic E-state index is 0.122. The molecule has 0 aliphatic carbocycles. The summed E-state index contributed by atoms with van der Waals surface area (Å²) in [5.74, 6) is 1.02. The average Bonchev–Trinajstić information content (AvgIpc) is 2.35. The second-order valence-corrected chi connectivity index (χ2v) is 3.83. The van der Waals surface area contributed by atoms with Gasteiger partial charge in [-0.3, -0.25) is 4.79 Å². The number of ketones is 1. The molecule has 0 aliphatic heterocycles. The fourth-order valence-corrected chi connectivity index (χ4v) is 1.47. The van der Waals surface area contributed by atoms with E-state index in [1.807, 2.05) is 6.92 Å². The summed E-state index contributed by atoms with van der Waals surface area (Å²) in [6.45, 7) is 1.87. The van der Waals surface area contributed by atoms with E-state index < -0.39 is 5.38 Å². The summed E-state index contributed by atoms with van der Waals surface area (Å²) in [5.41, 5.74) is 0.491. The molecule has 0 radical (unpaired) electrons. The van der Waals surface area contributed by atoms with Crippen molar-refractivity contribution in [3.05, 3.63) is 23.8 Å². The zero-order valence-electron chi connectivity index (χ0n) is 9.62. The Kier molecular flexibility index (Phi) is 4.62. The predicted octanol–water partition coefficient (Wildman–Crippen LogP) is 2.90. The molecule has 4 heteroatoms. The Bertz CT molecular complexity index is 377. The standard InChI is InChI=1S/C12H15ClO3/c1-4-10(13)12(14)9-6-5-8(15-2)7-11(9)16-3/h5-7,10H,4H2,1-3H3. The molecule has 1 rings (SSSR count). The van der Waals surface area contributed by atoms with Crippen molar-refractivity contribution in [3.63, 3.8) is 0 Å².